The third kappa shape index (κ3) is 5.27. The van der Waals surface area contributed by atoms with Crippen LogP contribution in [0.1, 0.15) is 23.6 Å². The summed E-state index contributed by atoms with van der Waals surface area (Å²) in [5, 5.41) is 40.8. The maximum Gasteiger partial charge on any atom is 0.268 e. The minimum absolute atomic E-state index is 0.0478. The lowest BCUT2D eigenvalue weighted by molar-refractivity contribution is -0.126. The fourth-order valence-corrected chi connectivity index (χ4v) is 3.19. The van der Waals surface area contributed by atoms with Gasteiger partial charge in [0.15, 0.2) is 17.1 Å². The summed E-state index contributed by atoms with van der Waals surface area (Å²) in [4.78, 5) is 25.0. The minimum Gasteiger partial charge on any atom is -0.506 e. The van der Waals surface area contributed by atoms with Gasteiger partial charge in [-0.15, -0.1) is 0 Å². The SMILES string of the molecule is CC(=O)Nc1cc(Cl)cc(CN(C)C(=O)/C(C#N)=C(\O)c2cc(Cl)c(O)c(C#N)c2)c1F. The van der Waals surface area contributed by atoms with E-state index >= 15 is 0 Å². The van der Waals surface area contributed by atoms with Crippen LogP contribution in [0.3, 0.4) is 0 Å². The van der Waals surface area contributed by atoms with Gasteiger partial charge in [0, 0.05) is 36.7 Å². The number of hydrogen-bond acceptors (Lipinski definition) is 6. The first-order chi connectivity index (χ1) is 15.0. The third-order valence-corrected chi connectivity index (χ3v) is 4.70. The van der Waals surface area contributed by atoms with Crippen molar-refractivity contribution >= 4 is 46.5 Å². The molecule has 0 unspecified atom stereocenters. The number of rotatable bonds is 5. The molecule has 0 bridgehead atoms. The molecule has 32 heavy (non-hydrogen) atoms. The summed E-state index contributed by atoms with van der Waals surface area (Å²) in [6, 6.07) is 7.83. The van der Waals surface area contributed by atoms with E-state index in [0.717, 1.165) is 17.0 Å². The fraction of sp³-hybridized carbons (Fsp3) is 0.143. The van der Waals surface area contributed by atoms with Crippen molar-refractivity contribution in [2.45, 2.75) is 13.5 Å². The number of carbonyl (C=O) groups excluding carboxylic acids is 2. The molecule has 0 aliphatic heterocycles. The van der Waals surface area contributed by atoms with E-state index in [-0.39, 0.29) is 39.0 Å². The lowest BCUT2D eigenvalue weighted by Gasteiger charge is -2.19. The van der Waals surface area contributed by atoms with Gasteiger partial charge in [0.1, 0.15) is 17.9 Å². The van der Waals surface area contributed by atoms with E-state index < -0.39 is 34.7 Å². The first-order valence-corrected chi connectivity index (χ1v) is 9.53. The summed E-state index contributed by atoms with van der Waals surface area (Å²) in [5.74, 6) is -3.61. The predicted octanol–water partition coefficient (Wildman–Crippen LogP) is 4.12. The topological polar surface area (TPSA) is 137 Å². The molecule has 0 spiro atoms. The highest BCUT2D eigenvalue weighted by Crippen LogP contribution is 2.32. The van der Waals surface area contributed by atoms with Crippen LogP contribution in [0.25, 0.3) is 5.76 Å². The quantitative estimate of drug-likeness (QED) is 0.337. The molecule has 0 aliphatic carbocycles. The van der Waals surface area contributed by atoms with Gasteiger partial charge in [0.05, 0.1) is 16.3 Å². The smallest absolute Gasteiger partial charge is 0.268 e. The maximum absolute atomic E-state index is 14.7. The standard InChI is InChI=1S/C21H15Cl2FN4O4/c1-10(29)27-17-6-14(22)4-13(18(17)24)9-28(2)21(32)15(8-26)19(30)11-3-12(7-25)20(31)16(23)5-11/h3-6,30-31H,9H2,1-2H3,(H,27,29)/b19-15-. The minimum atomic E-state index is -0.965. The van der Waals surface area contributed by atoms with Crippen molar-refractivity contribution in [3.8, 4) is 17.9 Å². The number of nitrogens with zero attached hydrogens (tertiary/aromatic N) is 3. The number of benzene rings is 2. The second-order valence-electron chi connectivity index (χ2n) is 6.57. The zero-order valence-electron chi connectivity index (χ0n) is 16.7. The molecule has 0 heterocycles. The molecule has 8 nitrogen and oxygen atoms in total. The largest absolute Gasteiger partial charge is 0.506 e. The first-order valence-electron chi connectivity index (χ1n) is 8.77. The van der Waals surface area contributed by atoms with E-state index in [1.807, 2.05) is 0 Å². The third-order valence-electron chi connectivity index (χ3n) is 4.20. The molecule has 164 valence electrons. The molecule has 2 rings (SSSR count). The van der Waals surface area contributed by atoms with E-state index in [1.54, 1.807) is 12.1 Å². The Kier molecular flexibility index (Phi) is 7.66. The Bertz CT molecular complexity index is 1230. The number of nitriles is 2. The average molecular weight is 477 g/mol. The normalized spacial score (nSPS) is 11.1. The van der Waals surface area contributed by atoms with E-state index in [4.69, 9.17) is 28.5 Å². The molecule has 3 N–H and O–H groups in total. The van der Waals surface area contributed by atoms with Crippen molar-refractivity contribution < 1.29 is 24.2 Å². The molecule has 11 heteroatoms. The van der Waals surface area contributed by atoms with Gasteiger partial charge >= 0.3 is 0 Å². The van der Waals surface area contributed by atoms with E-state index in [0.29, 0.717) is 0 Å². The van der Waals surface area contributed by atoms with Gasteiger partial charge in [0.25, 0.3) is 5.91 Å². The number of carbonyl (C=O) groups is 2. The number of hydrogen-bond donors (Lipinski definition) is 3. The van der Waals surface area contributed by atoms with Crippen molar-refractivity contribution in [3.63, 3.8) is 0 Å². The highest BCUT2D eigenvalue weighted by Gasteiger charge is 2.23. The summed E-state index contributed by atoms with van der Waals surface area (Å²) in [6.45, 7) is 0.839. The van der Waals surface area contributed by atoms with Crippen LogP contribution >= 0.6 is 23.2 Å². The second kappa shape index (κ2) is 10.0. The molecular weight excluding hydrogens is 462 g/mol. The highest BCUT2D eigenvalue weighted by molar-refractivity contribution is 6.32. The molecule has 0 atom stereocenters. The van der Waals surface area contributed by atoms with Crippen LogP contribution < -0.4 is 5.32 Å². The Balaban J connectivity index is 2.43. The molecule has 0 aromatic heterocycles. The molecule has 0 radical (unpaired) electrons. The summed E-state index contributed by atoms with van der Waals surface area (Å²) in [5.41, 5.74) is -1.35. The van der Waals surface area contributed by atoms with E-state index in [1.165, 1.54) is 26.1 Å². The van der Waals surface area contributed by atoms with Gasteiger partial charge in [0.2, 0.25) is 5.91 Å². The number of aromatic hydroxyl groups is 1. The van der Waals surface area contributed by atoms with Crippen LogP contribution in [0, 0.1) is 28.5 Å². The van der Waals surface area contributed by atoms with Crippen LogP contribution in [0.5, 0.6) is 5.75 Å². The number of amides is 2. The Morgan fingerprint density at radius 3 is 2.44 bits per heavy atom. The Hall–Kier alpha value is -3.79. The van der Waals surface area contributed by atoms with Gasteiger partial charge < -0.3 is 20.4 Å². The van der Waals surface area contributed by atoms with Crippen molar-refractivity contribution in [1.82, 2.24) is 4.90 Å². The molecule has 2 amide bonds. The summed E-state index contributed by atoms with van der Waals surface area (Å²) < 4.78 is 14.7. The number of aliphatic hydroxyl groups is 1. The van der Waals surface area contributed by atoms with Crippen LogP contribution in [0.2, 0.25) is 10.0 Å². The van der Waals surface area contributed by atoms with Crippen molar-refractivity contribution in [2.24, 2.45) is 0 Å². The summed E-state index contributed by atoms with van der Waals surface area (Å²) in [6.07, 6.45) is 0. The fourth-order valence-electron chi connectivity index (χ4n) is 2.73. The van der Waals surface area contributed by atoms with Crippen molar-refractivity contribution in [1.29, 1.82) is 10.5 Å². The molecule has 0 saturated carbocycles. The number of nitrogens with one attached hydrogen (secondary N) is 1. The lowest BCUT2D eigenvalue weighted by atomic mass is 10.0. The Morgan fingerprint density at radius 1 is 1.22 bits per heavy atom. The zero-order chi connectivity index (χ0) is 24.2. The number of likely N-dealkylation sites (N-methyl/N-ethyl adjacent to an activating group) is 1. The van der Waals surface area contributed by atoms with Crippen LogP contribution in [-0.2, 0) is 16.1 Å². The van der Waals surface area contributed by atoms with Gasteiger partial charge in [-0.05, 0) is 24.3 Å². The lowest BCUT2D eigenvalue weighted by Crippen LogP contribution is -2.28. The van der Waals surface area contributed by atoms with E-state index in [9.17, 15) is 29.5 Å². The van der Waals surface area contributed by atoms with Crippen LogP contribution in [0.4, 0.5) is 10.1 Å². The predicted molar refractivity (Wildman–Crippen MR) is 115 cm³/mol. The molecule has 0 fully saturated rings. The second-order valence-corrected chi connectivity index (χ2v) is 7.41. The average Bonchev–Trinajstić information content (AvgIpc) is 2.73. The maximum atomic E-state index is 14.7. The number of phenolic OH excluding ortho intramolecular Hbond substituents is 1. The van der Waals surface area contributed by atoms with Crippen LogP contribution in [-0.4, -0.2) is 34.0 Å². The molecular formula is C21H15Cl2FN4O4. The van der Waals surface area contributed by atoms with Crippen molar-refractivity contribution in [2.75, 3.05) is 12.4 Å². The van der Waals surface area contributed by atoms with Crippen LogP contribution in [0.15, 0.2) is 29.8 Å². The molecule has 2 aromatic rings. The molecule has 0 saturated heterocycles. The van der Waals surface area contributed by atoms with Crippen molar-refractivity contribution in [3.05, 3.63) is 62.4 Å². The Labute approximate surface area is 192 Å². The van der Waals surface area contributed by atoms with Gasteiger partial charge in [-0.2, -0.15) is 10.5 Å². The number of anilines is 1. The first kappa shape index (κ1) is 24.5. The number of aliphatic hydroxyl groups excluding tert-OH is 1. The summed E-state index contributed by atoms with van der Waals surface area (Å²) in [7, 11) is 1.26. The highest BCUT2D eigenvalue weighted by atomic mass is 35.5. The molecule has 2 aromatic carbocycles. The zero-order valence-corrected chi connectivity index (χ0v) is 18.2. The molecule has 0 aliphatic rings. The number of phenols is 1. The van der Waals surface area contributed by atoms with Gasteiger partial charge in [-0.25, -0.2) is 4.39 Å². The number of halogens is 3. The van der Waals surface area contributed by atoms with Gasteiger partial charge in [-0.1, -0.05) is 23.2 Å². The van der Waals surface area contributed by atoms with Gasteiger partial charge in [-0.3, -0.25) is 9.59 Å². The monoisotopic (exact) mass is 476 g/mol. The summed E-state index contributed by atoms with van der Waals surface area (Å²) >= 11 is 11.8. The van der Waals surface area contributed by atoms with E-state index in [2.05, 4.69) is 5.32 Å². The Morgan fingerprint density at radius 2 is 1.88 bits per heavy atom.